The molecule has 0 radical (unpaired) electrons. The van der Waals surface area contributed by atoms with Crippen molar-refractivity contribution in [3.05, 3.63) is 120 Å². The zero-order chi connectivity index (χ0) is 16.8. The fourth-order valence-corrected chi connectivity index (χ4v) is 3.01. The number of hydrogen-bond acceptors (Lipinski definition) is 2. The minimum absolute atomic E-state index is 0.367. The molecule has 0 amide bonds. The van der Waals surface area contributed by atoms with E-state index in [1.165, 1.54) is 0 Å². The molecule has 3 rings (SSSR count). The Hall–Kier alpha value is -2.71. The second-order valence-corrected chi connectivity index (χ2v) is 5.81. The number of thiocarbonyl (C=S) groups is 1. The third-order valence-corrected chi connectivity index (χ3v) is 4.21. The summed E-state index contributed by atoms with van der Waals surface area (Å²) in [7, 11) is 0. The Balaban J connectivity index is 2.32. The van der Waals surface area contributed by atoms with Crippen molar-refractivity contribution in [3.63, 3.8) is 0 Å². The smallest absolute Gasteiger partial charge is 0.185 e. The average Bonchev–Trinajstić information content (AvgIpc) is 2.68. The Morgan fingerprint density at radius 2 is 1.04 bits per heavy atom. The van der Waals surface area contributed by atoms with Crippen LogP contribution in [-0.4, -0.2) is 5.05 Å². The quantitative estimate of drug-likeness (QED) is 0.347. The van der Waals surface area contributed by atoms with Crippen molar-refractivity contribution in [2.24, 2.45) is 0 Å². The summed E-state index contributed by atoms with van der Waals surface area (Å²) in [4.78, 5) is 0. The van der Waals surface area contributed by atoms with Gasteiger partial charge in [-0.05, 0) is 18.3 Å². The Kier molecular flexibility index (Phi) is 4.88. The van der Waals surface area contributed by atoms with Crippen LogP contribution in [0, 0.1) is 0 Å². The molecule has 2 heteroatoms. The van der Waals surface area contributed by atoms with E-state index in [1.807, 2.05) is 54.6 Å². The molecule has 0 saturated carbocycles. The van der Waals surface area contributed by atoms with Gasteiger partial charge in [0.1, 0.15) is 0 Å². The maximum absolute atomic E-state index is 6.36. The first-order valence-electron chi connectivity index (χ1n) is 7.79. The first kappa shape index (κ1) is 16.2. The van der Waals surface area contributed by atoms with Crippen LogP contribution < -0.4 is 0 Å². The number of hydrogen-bond donors (Lipinski definition) is 0. The molecule has 1 nitrogen and oxygen atoms in total. The van der Waals surface area contributed by atoms with Crippen LogP contribution in [0.5, 0.6) is 0 Å². The predicted octanol–water partition coefficient (Wildman–Crippen LogP) is 5.51. The zero-order valence-electron chi connectivity index (χ0n) is 13.3. The molecule has 0 atom stereocenters. The average molecular weight is 330 g/mol. The van der Waals surface area contributed by atoms with Crippen LogP contribution in [0.15, 0.2) is 104 Å². The molecular weight excluding hydrogens is 312 g/mol. The molecule has 0 N–H and O–H groups in total. The van der Waals surface area contributed by atoms with E-state index in [-0.39, 0.29) is 0 Å². The Morgan fingerprint density at radius 3 is 1.33 bits per heavy atom. The highest BCUT2D eigenvalue weighted by molar-refractivity contribution is 7.80. The molecule has 0 aliphatic rings. The molecule has 0 saturated heterocycles. The van der Waals surface area contributed by atoms with E-state index >= 15 is 0 Å². The van der Waals surface area contributed by atoms with Gasteiger partial charge in [-0.1, -0.05) is 97.6 Å². The molecule has 3 aromatic rings. The van der Waals surface area contributed by atoms with Gasteiger partial charge in [-0.25, -0.2) is 0 Å². The van der Waals surface area contributed by atoms with Gasteiger partial charge in [0.15, 0.2) is 10.7 Å². The van der Waals surface area contributed by atoms with E-state index in [2.05, 4.69) is 43.0 Å². The van der Waals surface area contributed by atoms with Crippen molar-refractivity contribution >= 4 is 17.3 Å². The first-order chi connectivity index (χ1) is 11.8. The van der Waals surface area contributed by atoms with Gasteiger partial charge in [0, 0.05) is 16.7 Å². The zero-order valence-corrected chi connectivity index (χ0v) is 14.1. The summed E-state index contributed by atoms with van der Waals surface area (Å²) >= 11 is 5.36. The standard InChI is InChI=1S/C22H18OS/c1-2-21(24)23-22(18-12-6-3-7-13-18,19-14-8-4-9-15-19)20-16-10-5-11-17-20/h2-17H,1H2. The van der Waals surface area contributed by atoms with Crippen molar-refractivity contribution in [3.8, 4) is 0 Å². The third kappa shape index (κ3) is 3.01. The summed E-state index contributed by atoms with van der Waals surface area (Å²) in [6, 6.07) is 30.4. The maximum Gasteiger partial charge on any atom is 0.185 e. The lowest BCUT2D eigenvalue weighted by atomic mass is 9.80. The van der Waals surface area contributed by atoms with Crippen LogP contribution in [0.1, 0.15) is 16.7 Å². The second-order valence-electron chi connectivity index (χ2n) is 5.40. The highest BCUT2D eigenvalue weighted by Gasteiger charge is 2.39. The molecule has 0 spiro atoms. The number of ether oxygens (including phenoxy) is 1. The van der Waals surface area contributed by atoms with Gasteiger partial charge < -0.3 is 4.74 Å². The molecule has 118 valence electrons. The summed E-state index contributed by atoms with van der Waals surface area (Å²) in [6.45, 7) is 3.76. The Labute approximate surface area is 148 Å². The van der Waals surface area contributed by atoms with Crippen molar-refractivity contribution in [2.75, 3.05) is 0 Å². The van der Waals surface area contributed by atoms with Crippen molar-refractivity contribution in [2.45, 2.75) is 5.60 Å². The van der Waals surface area contributed by atoms with Crippen LogP contribution in [0.4, 0.5) is 0 Å². The lowest BCUT2D eigenvalue weighted by Gasteiger charge is -2.35. The predicted molar refractivity (Wildman–Crippen MR) is 103 cm³/mol. The highest BCUT2D eigenvalue weighted by atomic mass is 32.1. The topological polar surface area (TPSA) is 9.23 Å². The fourth-order valence-electron chi connectivity index (χ4n) is 2.89. The highest BCUT2D eigenvalue weighted by Crippen LogP contribution is 2.40. The van der Waals surface area contributed by atoms with Gasteiger partial charge in [0.2, 0.25) is 0 Å². The summed E-state index contributed by atoms with van der Waals surface area (Å²) < 4.78 is 6.36. The van der Waals surface area contributed by atoms with Crippen LogP contribution in [0.2, 0.25) is 0 Å². The van der Waals surface area contributed by atoms with E-state index in [0.29, 0.717) is 5.05 Å². The second kappa shape index (κ2) is 7.24. The van der Waals surface area contributed by atoms with E-state index in [1.54, 1.807) is 6.08 Å². The molecule has 0 aliphatic carbocycles. The van der Waals surface area contributed by atoms with E-state index < -0.39 is 5.60 Å². The lowest BCUT2D eigenvalue weighted by Crippen LogP contribution is -2.34. The molecule has 0 aromatic heterocycles. The Bertz CT molecular complexity index is 714. The Morgan fingerprint density at radius 1 is 0.708 bits per heavy atom. The van der Waals surface area contributed by atoms with E-state index in [0.717, 1.165) is 16.7 Å². The van der Waals surface area contributed by atoms with Crippen molar-refractivity contribution in [1.82, 2.24) is 0 Å². The SMILES string of the molecule is C=CC(=S)OC(c1ccccc1)(c1ccccc1)c1ccccc1. The molecule has 0 bridgehead atoms. The molecular formula is C22H18OS. The fraction of sp³-hybridized carbons (Fsp3) is 0.0455. The molecule has 24 heavy (non-hydrogen) atoms. The van der Waals surface area contributed by atoms with Crippen molar-refractivity contribution in [1.29, 1.82) is 0 Å². The molecule has 0 unspecified atom stereocenters. The summed E-state index contributed by atoms with van der Waals surface area (Å²) in [6.07, 6.45) is 1.57. The summed E-state index contributed by atoms with van der Waals surface area (Å²) in [5.74, 6) is 0. The maximum atomic E-state index is 6.36. The van der Waals surface area contributed by atoms with E-state index in [4.69, 9.17) is 17.0 Å². The van der Waals surface area contributed by atoms with E-state index in [9.17, 15) is 0 Å². The van der Waals surface area contributed by atoms with Crippen LogP contribution in [0.3, 0.4) is 0 Å². The van der Waals surface area contributed by atoms with Crippen LogP contribution in [0.25, 0.3) is 0 Å². The van der Waals surface area contributed by atoms with Gasteiger partial charge in [0.05, 0.1) is 0 Å². The third-order valence-electron chi connectivity index (χ3n) is 3.96. The minimum atomic E-state index is -0.810. The largest absolute Gasteiger partial charge is 0.463 e. The molecule has 0 heterocycles. The minimum Gasteiger partial charge on any atom is -0.463 e. The monoisotopic (exact) mass is 330 g/mol. The number of benzene rings is 3. The summed E-state index contributed by atoms with van der Waals surface area (Å²) in [5.41, 5.74) is 2.25. The molecule has 0 aliphatic heterocycles. The van der Waals surface area contributed by atoms with Gasteiger partial charge in [-0.2, -0.15) is 0 Å². The summed E-state index contributed by atoms with van der Waals surface area (Å²) in [5, 5.41) is 0.367. The van der Waals surface area contributed by atoms with Crippen LogP contribution in [-0.2, 0) is 10.3 Å². The van der Waals surface area contributed by atoms with Crippen molar-refractivity contribution < 1.29 is 4.74 Å². The van der Waals surface area contributed by atoms with Gasteiger partial charge in [-0.3, -0.25) is 0 Å². The van der Waals surface area contributed by atoms with Gasteiger partial charge >= 0.3 is 0 Å². The molecule has 3 aromatic carbocycles. The van der Waals surface area contributed by atoms with Gasteiger partial charge in [-0.15, -0.1) is 0 Å². The first-order valence-corrected chi connectivity index (χ1v) is 8.20. The normalized spacial score (nSPS) is 10.8. The lowest BCUT2D eigenvalue weighted by molar-refractivity contribution is 0.148. The van der Waals surface area contributed by atoms with Crippen LogP contribution >= 0.6 is 12.2 Å². The molecule has 0 fully saturated rings. The van der Waals surface area contributed by atoms with Gasteiger partial charge in [0.25, 0.3) is 0 Å². The number of rotatable bonds is 5.